The topological polar surface area (TPSA) is 110 Å². The molecule has 0 saturated carbocycles. The molecule has 1 aromatic carbocycles. The van der Waals surface area contributed by atoms with Crippen molar-refractivity contribution in [1.82, 2.24) is 30.4 Å². The van der Waals surface area contributed by atoms with Gasteiger partial charge in [-0.05, 0) is 37.8 Å². The van der Waals surface area contributed by atoms with Crippen LogP contribution in [-0.4, -0.2) is 41.5 Å². The lowest BCUT2D eigenvalue weighted by molar-refractivity contribution is -0.143. The highest BCUT2D eigenvalue weighted by molar-refractivity contribution is 5.71. The first-order chi connectivity index (χ1) is 13.9. The Morgan fingerprint density at radius 1 is 1.24 bits per heavy atom. The van der Waals surface area contributed by atoms with E-state index in [0.29, 0.717) is 18.7 Å². The van der Waals surface area contributed by atoms with Gasteiger partial charge >= 0.3 is 5.97 Å². The molecule has 2 atom stereocenters. The molecule has 0 spiro atoms. The summed E-state index contributed by atoms with van der Waals surface area (Å²) in [7, 11) is 1.94. The van der Waals surface area contributed by atoms with Crippen LogP contribution in [0.25, 0.3) is 11.1 Å². The van der Waals surface area contributed by atoms with Gasteiger partial charge in [0, 0.05) is 24.2 Å². The van der Waals surface area contributed by atoms with Gasteiger partial charge in [0.15, 0.2) is 5.82 Å². The number of aromatic amines is 1. The number of aliphatic carboxylic acids is 1. The van der Waals surface area contributed by atoms with E-state index in [1.54, 1.807) is 0 Å². The van der Waals surface area contributed by atoms with Crippen LogP contribution in [0, 0.1) is 19.8 Å². The fourth-order valence-corrected chi connectivity index (χ4v) is 3.91. The summed E-state index contributed by atoms with van der Waals surface area (Å²) >= 11 is 0. The number of hydrogen-bond acceptors (Lipinski definition) is 5. The minimum Gasteiger partial charge on any atom is -0.481 e. The Labute approximate surface area is 170 Å². The SMILES string of the molecule is CCCC[C@@H](C(=O)O)[C@@H](Cc1ccc(-c2c(C)nn(C)c2C)cc1)c1nn[nH]n1. The fourth-order valence-electron chi connectivity index (χ4n) is 3.91. The summed E-state index contributed by atoms with van der Waals surface area (Å²) in [6.07, 6.45) is 2.94. The monoisotopic (exact) mass is 396 g/mol. The van der Waals surface area contributed by atoms with Crippen molar-refractivity contribution >= 4 is 5.97 Å². The van der Waals surface area contributed by atoms with Crippen LogP contribution in [-0.2, 0) is 18.3 Å². The molecular weight excluding hydrogens is 368 g/mol. The van der Waals surface area contributed by atoms with Crippen molar-refractivity contribution in [2.75, 3.05) is 0 Å². The molecule has 0 fully saturated rings. The molecule has 0 amide bonds. The quantitative estimate of drug-likeness (QED) is 0.573. The maximum Gasteiger partial charge on any atom is 0.307 e. The van der Waals surface area contributed by atoms with E-state index in [9.17, 15) is 9.90 Å². The van der Waals surface area contributed by atoms with E-state index in [4.69, 9.17) is 0 Å². The third-order valence-corrected chi connectivity index (χ3v) is 5.57. The molecule has 3 rings (SSSR count). The van der Waals surface area contributed by atoms with Crippen LogP contribution >= 0.6 is 0 Å². The number of unbranched alkanes of at least 4 members (excludes halogenated alkanes) is 1. The van der Waals surface area contributed by atoms with Gasteiger partial charge in [-0.25, -0.2) is 0 Å². The third kappa shape index (κ3) is 4.52. The standard InChI is InChI=1S/C21H28N6O2/c1-5-6-7-17(21(28)29)18(20-22-25-26-23-20)12-15-8-10-16(11-9-15)19-13(2)24-27(4)14(19)3/h8-11,17-18H,5-7,12H2,1-4H3,(H,28,29)(H,22,23,25,26)/t17-,18-/m1/s1. The summed E-state index contributed by atoms with van der Waals surface area (Å²) in [5.41, 5.74) is 5.40. The summed E-state index contributed by atoms with van der Waals surface area (Å²) in [5, 5.41) is 28.6. The smallest absolute Gasteiger partial charge is 0.307 e. The Bertz CT molecular complexity index is 946. The molecular formula is C21H28N6O2. The van der Waals surface area contributed by atoms with E-state index in [0.717, 1.165) is 40.9 Å². The predicted octanol–water partition coefficient (Wildman–Crippen LogP) is 3.43. The Morgan fingerprint density at radius 3 is 2.48 bits per heavy atom. The van der Waals surface area contributed by atoms with E-state index in [2.05, 4.69) is 51.7 Å². The minimum atomic E-state index is -0.813. The van der Waals surface area contributed by atoms with Crippen LogP contribution in [0.2, 0.25) is 0 Å². The zero-order valence-corrected chi connectivity index (χ0v) is 17.4. The first-order valence-corrected chi connectivity index (χ1v) is 9.98. The van der Waals surface area contributed by atoms with E-state index in [-0.39, 0.29) is 5.92 Å². The number of nitrogens with zero attached hydrogens (tertiary/aromatic N) is 5. The second kappa shape index (κ2) is 8.98. The summed E-state index contributed by atoms with van der Waals surface area (Å²) in [5.74, 6) is -1.23. The number of H-pyrrole nitrogens is 1. The van der Waals surface area contributed by atoms with Crippen molar-refractivity contribution in [2.24, 2.45) is 13.0 Å². The molecule has 0 aliphatic rings. The van der Waals surface area contributed by atoms with Gasteiger partial charge in [0.2, 0.25) is 0 Å². The molecule has 0 bridgehead atoms. The van der Waals surface area contributed by atoms with Crippen LogP contribution in [0.15, 0.2) is 24.3 Å². The van der Waals surface area contributed by atoms with Crippen molar-refractivity contribution in [1.29, 1.82) is 0 Å². The van der Waals surface area contributed by atoms with Crippen LogP contribution in [0.5, 0.6) is 0 Å². The molecule has 0 radical (unpaired) electrons. The highest BCUT2D eigenvalue weighted by atomic mass is 16.4. The first kappa shape index (κ1) is 20.7. The number of aromatic nitrogens is 6. The molecule has 154 valence electrons. The maximum atomic E-state index is 12.0. The van der Waals surface area contributed by atoms with Crippen molar-refractivity contribution < 1.29 is 9.90 Å². The largest absolute Gasteiger partial charge is 0.481 e. The Kier molecular flexibility index (Phi) is 6.41. The molecule has 2 aromatic heterocycles. The Morgan fingerprint density at radius 2 is 1.97 bits per heavy atom. The summed E-state index contributed by atoms with van der Waals surface area (Å²) < 4.78 is 1.88. The number of hydrogen-bond donors (Lipinski definition) is 2. The van der Waals surface area contributed by atoms with Gasteiger partial charge in [0.25, 0.3) is 0 Å². The Balaban J connectivity index is 1.87. The molecule has 8 nitrogen and oxygen atoms in total. The number of carbonyl (C=O) groups is 1. The zero-order valence-electron chi connectivity index (χ0n) is 17.4. The molecule has 0 aliphatic heterocycles. The van der Waals surface area contributed by atoms with Gasteiger partial charge in [-0.3, -0.25) is 9.48 Å². The molecule has 29 heavy (non-hydrogen) atoms. The second-order valence-electron chi connectivity index (χ2n) is 7.53. The molecule has 8 heteroatoms. The lowest BCUT2D eigenvalue weighted by Gasteiger charge is -2.21. The van der Waals surface area contributed by atoms with Gasteiger partial charge in [-0.1, -0.05) is 49.2 Å². The molecule has 0 unspecified atom stereocenters. The highest BCUT2D eigenvalue weighted by Crippen LogP contribution is 2.32. The molecule has 2 heterocycles. The van der Waals surface area contributed by atoms with Crippen LogP contribution < -0.4 is 0 Å². The van der Waals surface area contributed by atoms with Crippen molar-refractivity contribution in [3.05, 3.63) is 47.0 Å². The average Bonchev–Trinajstić information content (AvgIpc) is 3.30. The fraction of sp³-hybridized carbons (Fsp3) is 0.476. The number of benzene rings is 1. The van der Waals surface area contributed by atoms with E-state index in [1.807, 2.05) is 30.8 Å². The van der Waals surface area contributed by atoms with Gasteiger partial charge < -0.3 is 5.11 Å². The van der Waals surface area contributed by atoms with E-state index < -0.39 is 11.9 Å². The van der Waals surface area contributed by atoms with Gasteiger partial charge in [-0.15, -0.1) is 10.2 Å². The predicted molar refractivity (Wildman–Crippen MR) is 109 cm³/mol. The van der Waals surface area contributed by atoms with Crippen LogP contribution in [0.1, 0.15) is 54.9 Å². The van der Waals surface area contributed by atoms with Crippen LogP contribution in [0.3, 0.4) is 0 Å². The number of tetrazole rings is 1. The lowest BCUT2D eigenvalue weighted by atomic mass is 9.82. The van der Waals surface area contributed by atoms with Crippen molar-refractivity contribution in [3.63, 3.8) is 0 Å². The number of carboxylic acids is 1. The van der Waals surface area contributed by atoms with Gasteiger partial charge in [0.05, 0.1) is 11.6 Å². The average molecular weight is 396 g/mol. The van der Waals surface area contributed by atoms with Crippen LogP contribution in [0.4, 0.5) is 0 Å². The summed E-state index contributed by atoms with van der Waals surface area (Å²) in [4.78, 5) is 12.0. The number of carboxylic acid groups (broad SMARTS) is 1. The number of nitrogens with one attached hydrogen (secondary N) is 1. The normalized spacial score (nSPS) is 13.4. The maximum absolute atomic E-state index is 12.0. The first-order valence-electron chi connectivity index (χ1n) is 9.98. The second-order valence-corrected chi connectivity index (χ2v) is 7.53. The van der Waals surface area contributed by atoms with Crippen molar-refractivity contribution in [2.45, 2.75) is 52.4 Å². The van der Waals surface area contributed by atoms with Gasteiger partial charge in [0.1, 0.15) is 0 Å². The Hall–Kier alpha value is -3.03. The van der Waals surface area contributed by atoms with E-state index >= 15 is 0 Å². The molecule has 2 N–H and O–H groups in total. The minimum absolute atomic E-state index is 0.328. The van der Waals surface area contributed by atoms with Crippen molar-refractivity contribution in [3.8, 4) is 11.1 Å². The lowest BCUT2D eigenvalue weighted by Crippen LogP contribution is -2.25. The number of aryl methyl sites for hydroxylation is 2. The van der Waals surface area contributed by atoms with Gasteiger partial charge in [-0.2, -0.15) is 10.3 Å². The summed E-state index contributed by atoms with van der Waals surface area (Å²) in [6.45, 7) is 6.12. The molecule has 3 aromatic rings. The third-order valence-electron chi connectivity index (χ3n) is 5.57. The number of rotatable bonds is 9. The molecule has 0 saturated heterocycles. The molecule has 0 aliphatic carbocycles. The zero-order chi connectivity index (χ0) is 21.0. The highest BCUT2D eigenvalue weighted by Gasteiger charge is 2.32. The summed E-state index contributed by atoms with van der Waals surface area (Å²) in [6, 6.07) is 8.24. The van der Waals surface area contributed by atoms with E-state index in [1.165, 1.54) is 0 Å².